The van der Waals surface area contributed by atoms with Crippen molar-refractivity contribution in [3.63, 3.8) is 0 Å². The Kier molecular flexibility index (Phi) is 4.57. The van der Waals surface area contributed by atoms with Crippen molar-refractivity contribution >= 4 is 50.7 Å². The summed E-state index contributed by atoms with van der Waals surface area (Å²) in [6.45, 7) is 0. The van der Waals surface area contributed by atoms with Crippen LogP contribution in [-0.4, -0.2) is 0 Å². The van der Waals surface area contributed by atoms with Crippen LogP contribution in [0.2, 0.25) is 15.1 Å². The molecule has 0 fully saturated rings. The van der Waals surface area contributed by atoms with Gasteiger partial charge in [-0.3, -0.25) is 0 Å². The van der Waals surface area contributed by atoms with Crippen LogP contribution < -0.4 is 5.73 Å². The average molecular weight is 365 g/mol. The van der Waals surface area contributed by atoms with Crippen LogP contribution in [0.5, 0.6) is 0 Å². The molecule has 2 N–H and O–H groups in total. The summed E-state index contributed by atoms with van der Waals surface area (Å²) in [6.07, 6.45) is 0. The van der Waals surface area contributed by atoms with Crippen LogP contribution in [0.3, 0.4) is 0 Å². The first-order valence-corrected chi connectivity index (χ1v) is 7.08. The molecule has 0 bridgehead atoms. The van der Waals surface area contributed by atoms with Gasteiger partial charge in [0.1, 0.15) is 0 Å². The van der Waals surface area contributed by atoms with Crippen molar-refractivity contribution in [3.05, 3.63) is 67.1 Å². The van der Waals surface area contributed by atoms with E-state index in [4.69, 9.17) is 40.5 Å². The minimum absolute atomic E-state index is 0.416. The van der Waals surface area contributed by atoms with Gasteiger partial charge in [-0.25, -0.2) is 0 Å². The maximum absolute atomic E-state index is 6.23. The molecule has 0 saturated carbocycles. The highest BCUT2D eigenvalue weighted by Crippen LogP contribution is 2.35. The van der Waals surface area contributed by atoms with Gasteiger partial charge in [0, 0.05) is 14.5 Å². The lowest BCUT2D eigenvalue weighted by molar-refractivity contribution is 0.871. The lowest BCUT2D eigenvalue weighted by Gasteiger charge is -2.16. The molecular formula is C13H9BrCl3N. The predicted molar refractivity (Wildman–Crippen MR) is 81.6 cm³/mol. The van der Waals surface area contributed by atoms with Gasteiger partial charge in [-0.15, -0.1) is 0 Å². The fourth-order valence-electron chi connectivity index (χ4n) is 1.68. The van der Waals surface area contributed by atoms with Crippen molar-refractivity contribution in [2.75, 3.05) is 0 Å². The molecule has 2 rings (SSSR count). The van der Waals surface area contributed by atoms with Crippen molar-refractivity contribution < 1.29 is 0 Å². The summed E-state index contributed by atoms with van der Waals surface area (Å²) < 4.78 is 0.801. The number of halogens is 4. The Labute approximate surface area is 129 Å². The van der Waals surface area contributed by atoms with E-state index < -0.39 is 6.04 Å². The highest BCUT2D eigenvalue weighted by Gasteiger charge is 2.17. The highest BCUT2D eigenvalue weighted by molar-refractivity contribution is 9.10. The number of benzene rings is 2. The van der Waals surface area contributed by atoms with E-state index in [1.54, 1.807) is 18.2 Å². The lowest BCUT2D eigenvalue weighted by atomic mass is 9.99. The summed E-state index contributed by atoms with van der Waals surface area (Å²) >= 11 is 21.7. The SMILES string of the molecule is NC(c1cc(Cl)ccc1Cl)c1cccc(Br)c1Cl. The second kappa shape index (κ2) is 5.81. The van der Waals surface area contributed by atoms with Crippen LogP contribution in [-0.2, 0) is 0 Å². The van der Waals surface area contributed by atoms with E-state index in [0.29, 0.717) is 15.1 Å². The molecule has 0 spiro atoms. The molecule has 0 aromatic heterocycles. The van der Waals surface area contributed by atoms with Gasteiger partial charge in [0.05, 0.1) is 11.1 Å². The zero-order valence-electron chi connectivity index (χ0n) is 9.13. The first-order chi connectivity index (χ1) is 8.50. The monoisotopic (exact) mass is 363 g/mol. The largest absolute Gasteiger partial charge is 0.320 e. The van der Waals surface area contributed by atoms with Crippen molar-refractivity contribution in [1.82, 2.24) is 0 Å². The van der Waals surface area contributed by atoms with E-state index in [2.05, 4.69) is 15.9 Å². The standard InChI is InChI=1S/C13H9BrCl3N/c14-10-3-1-2-8(12(10)17)13(18)9-6-7(15)4-5-11(9)16/h1-6,13H,18H2. The minimum Gasteiger partial charge on any atom is -0.320 e. The van der Waals surface area contributed by atoms with E-state index in [1.807, 2.05) is 18.2 Å². The number of hydrogen-bond acceptors (Lipinski definition) is 1. The Hall–Kier alpha value is -0.250. The van der Waals surface area contributed by atoms with Gasteiger partial charge in [0.25, 0.3) is 0 Å². The molecule has 5 heteroatoms. The molecule has 2 aromatic rings. The van der Waals surface area contributed by atoms with E-state index in [0.717, 1.165) is 15.6 Å². The van der Waals surface area contributed by atoms with Gasteiger partial charge in [-0.05, 0) is 51.3 Å². The van der Waals surface area contributed by atoms with Crippen LogP contribution in [0.1, 0.15) is 17.2 Å². The summed E-state index contributed by atoms with van der Waals surface area (Å²) in [7, 11) is 0. The normalized spacial score (nSPS) is 12.5. The van der Waals surface area contributed by atoms with Crippen molar-refractivity contribution in [1.29, 1.82) is 0 Å². The molecule has 1 unspecified atom stereocenters. The minimum atomic E-state index is -0.416. The molecule has 2 aromatic carbocycles. The first kappa shape index (κ1) is 14.2. The maximum atomic E-state index is 6.23. The van der Waals surface area contributed by atoms with E-state index in [1.165, 1.54) is 0 Å². The molecular weight excluding hydrogens is 356 g/mol. The van der Waals surface area contributed by atoms with Crippen LogP contribution >= 0.6 is 50.7 Å². The number of hydrogen-bond donors (Lipinski definition) is 1. The molecule has 18 heavy (non-hydrogen) atoms. The topological polar surface area (TPSA) is 26.0 Å². The van der Waals surface area contributed by atoms with Crippen LogP contribution in [0.4, 0.5) is 0 Å². The van der Waals surface area contributed by atoms with E-state index in [9.17, 15) is 0 Å². The quantitative estimate of drug-likeness (QED) is 0.752. The fourth-order valence-corrected chi connectivity index (χ4v) is 2.72. The van der Waals surface area contributed by atoms with E-state index in [-0.39, 0.29) is 0 Å². The Bertz CT molecular complexity index is 584. The van der Waals surface area contributed by atoms with Gasteiger partial charge in [0.2, 0.25) is 0 Å². The van der Waals surface area contributed by atoms with Crippen LogP contribution in [0.15, 0.2) is 40.9 Å². The molecule has 1 atom stereocenters. The smallest absolute Gasteiger partial charge is 0.0599 e. The second-order valence-electron chi connectivity index (χ2n) is 3.79. The van der Waals surface area contributed by atoms with Gasteiger partial charge in [-0.2, -0.15) is 0 Å². The zero-order valence-corrected chi connectivity index (χ0v) is 13.0. The molecule has 0 aliphatic rings. The number of rotatable bonds is 2. The van der Waals surface area contributed by atoms with E-state index >= 15 is 0 Å². The zero-order chi connectivity index (χ0) is 13.3. The summed E-state index contributed by atoms with van der Waals surface area (Å²) in [6, 6.07) is 10.4. The molecule has 0 amide bonds. The van der Waals surface area contributed by atoms with Crippen molar-refractivity contribution in [2.24, 2.45) is 5.73 Å². The molecule has 0 aliphatic heterocycles. The van der Waals surface area contributed by atoms with Gasteiger partial charge in [0.15, 0.2) is 0 Å². The van der Waals surface area contributed by atoms with Gasteiger partial charge in [-0.1, -0.05) is 46.9 Å². The average Bonchev–Trinajstić information content (AvgIpc) is 2.35. The molecule has 0 saturated heterocycles. The second-order valence-corrected chi connectivity index (χ2v) is 5.86. The molecule has 0 aliphatic carbocycles. The lowest BCUT2D eigenvalue weighted by Crippen LogP contribution is -2.13. The molecule has 0 radical (unpaired) electrons. The third-order valence-electron chi connectivity index (χ3n) is 2.61. The summed E-state index contributed by atoms with van der Waals surface area (Å²) in [5.74, 6) is 0. The van der Waals surface area contributed by atoms with Gasteiger partial charge >= 0.3 is 0 Å². The molecule has 0 heterocycles. The summed E-state index contributed by atoms with van der Waals surface area (Å²) in [4.78, 5) is 0. The molecule has 94 valence electrons. The van der Waals surface area contributed by atoms with Crippen molar-refractivity contribution in [3.8, 4) is 0 Å². The van der Waals surface area contributed by atoms with Crippen LogP contribution in [0.25, 0.3) is 0 Å². The Morgan fingerprint density at radius 1 is 1.00 bits per heavy atom. The fraction of sp³-hybridized carbons (Fsp3) is 0.0769. The van der Waals surface area contributed by atoms with Crippen molar-refractivity contribution in [2.45, 2.75) is 6.04 Å². The summed E-state index contributed by atoms with van der Waals surface area (Å²) in [5.41, 5.74) is 7.76. The number of nitrogens with two attached hydrogens (primary N) is 1. The predicted octanol–water partition coefficient (Wildman–Crippen LogP) is 5.46. The maximum Gasteiger partial charge on any atom is 0.0599 e. The Morgan fingerprint density at radius 2 is 1.72 bits per heavy atom. The Balaban J connectivity index is 2.51. The Morgan fingerprint density at radius 3 is 2.44 bits per heavy atom. The van der Waals surface area contributed by atoms with Crippen LogP contribution in [0, 0.1) is 0 Å². The third kappa shape index (κ3) is 2.84. The summed E-state index contributed by atoms with van der Waals surface area (Å²) in [5, 5.41) is 1.75. The first-order valence-electron chi connectivity index (χ1n) is 5.15. The van der Waals surface area contributed by atoms with Gasteiger partial charge < -0.3 is 5.73 Å². The highest BCUT2D eigenvalue weighted by atomic mass is 79.9. The molecule has 1 nitrogen and oxygen atoms in total. The third-order valence-corrected chi connectivity index (χ3v) is 4.50.